The van der Waals surface area contributed by atoms with E-state index >= 15 is 0 Å². The van der Waals surface area contributed by atoms with Crippen molar-refractivity contribution >= 4 is 159 Å². The third kappa shape index (κ3) is 23.7. The Balaban J connectivity index is 0.000000289. The maximum atomic E-state index is 14.1. The van der Waals surface area contributed by atoms with Gasteiger partial charge in [-0.05, 0) is 163 Å². The molecule has 3 heterocycles. The molecular formula is C57H64Br5F4KO7P2S3. The molecule has 0 radical (unpaired) electrons. The van der Waals surface area contributed by atoms with Crippen LogP contribution in [-0.4, -0.2) is 30.0 Å². The van der Waals surface area contributed by atoms with Gasteiger partial charge < -0.3 is 23.2 Å². The van der Waals surface area contributed by atoms with Gasteiger partial charge in [0.15, 0.2) is 23.3 Å². The van der Waals surface area contributed by atoms with Crippen LogP contribution in [0.2, 0.25) is 0 Å². The number of alkyl halides is 2. The molecule has 79 heavy (non-hydrogen) atoms. The van der Waals surface area contributed by atoms with Gasteiger partial charge in [0.25, 0.3) is 0 Å². The first-order valence-corrected chi connectivity index (χ1v) is 35.0. The van der Waals surface area contributed by atoms with Gasteiger partial charge >= 0.3 is 66.6 Å². The summed E-state index contributed by atoms with van der Waals surface area (Å²) in [7, 11) is -6.83. The fourth-order valence-corrected chi connectivity index (χ4v) is 20.1. The number of hydrogen-bond acceptors (Lipinski definition) is 10. The van der Waals surface area contributed by atoms with Crippen molar-refractivity contribution in [2.24, 2.45) is 0 Å². The minimum atomic E-state index is -3.67. The van der Waals surface area contributed by atoms with Crippen LogP contribution in [0, 0.1) is 23.3 Å². The Kier molecular flexibility index (Phi) is 31.9. The van der Waals surface area contributed by atoms with Crippen LogP contribution in [0.5, 0.6) is 0 Å². The molecule has 0 fully saturated rings. The van der Waals surface area contributed by atoms with Gasteiger partial charge in [-0.15, -0.1) is 39.6 Å². The Morgan fingerprint density at radius 3 is 1.27 bits per heavy atom. The van der Waals surface area contributed by atoms with Crippen LogP contribution in [0.4, 0.5) is 17.6 Å². The molecule has 0 aliphatic rings. The van der Waals surface area contributed by atoms with Gasteiger partial charge in [-0.2, -0.15) is 0 Å². The zero-order valence-electron chi connectivity index (χ0n) is 46.0. The molecule has 0 spiro atoms. The van der Waals surface area contributed by atoms with E-state index in [1.54, 1.807) is 59.8 Å². The Hall–Kier alpha value is -0.00364. The predicted octanol–water partition coefficient (Wildman–Crippen LogP) is 19.0. The Morgan fingerprint density at radius 1 is 0.519 bits per heavy atom. The van der Waals surface area contributed by atoms with E-state index in [0.717, 1.165) is 63.3 Å². The van der Waals surface area contributed by atoms with Gasteiger partial charge in [0.2, 0.25) is 0 Å². The molecule has 0 bridgehead atoms. The van der Waals surface area contributed by atoms with Crippen LogP contribution in [0.1, 0.15) is 108 Å². The van der Waals surface area contributed by atoms with Gasteiger partial charge in [0.05, 0.1) is 30.6 Å². The van der Waals surface area contributed by atoms with E-state index in [0.29, 0.717) is 17.1 Å². The zero-order chi connectivity index (χ0) is 58.3. The van der Waals surface area contributed by atoms with Crippen LogP contribution in [0.3, 0.4) is 0 Å². The third-order valence-corrected chi connectivity index (χ3v) is 23.8. The van der Waals surface area contributed by atoms with E-state index < -0.39 is 49.7 Å². The van der Waals surface area contributed by atoms with E-state index in [-0.39, 0.29) is 82.2 Å². The maximum absolute atomic E-state index is 14.1. The van der Waals surface area contributed by atoms with E-state index in [1.165, 1.54) is 53.7 Å². The number of fused-ring (bicyclic) bond motifs is 3. The van der Waals surface area contributed by atoms with Gasteiger partial charge in [-0.3, -0.25) is 9.13 Å². The summed E-state index contributed by atoms with van der Waals surface area (Å²) in [5.41, 5.74) is -0.180. The SMILES string of the molecule is BrCc1sc2ccccc2c1Br.CC(C)(C)[O-].CC(C)OP(=O)(Cc1sc2ccccc2c1Br)OC(C)C.CC(C)OP(=O)(OC(C)C)C(Cc1ccc(F)c(F)c1)c1sc2ccccc2c1Br.Fc1ccc(CBr)cc1F.[K+]. The first-order chi connectivity index (χ1) is 36.5. The van der Waals surface area contributed by atoms with Crippen LogP contribution in [0.25, 0.3) is 30.3 Å². The quantitative estimate of drug-likeness (QED) is 0.0412. The van der Waals surface area contributed by atoms with E-state index in [2.05, 4.69) is 116 Å². The molecule has 22 heteroatoms. The van der Waals surface area contributed by atoms with Gasteiger partial charge in [0.1, 0.15) is 5.66 Å². The molecule has 0 N–H and O–H groups in total. The molecule has 8 rings (SSSR count). The monoisotopic (exact) mass is 1530 g/mol. The fraction of sp³-hybridized carbons (Fsp3) is 0.368. The molecule has 5 aromatic carbocycles. The topological polar surface area (TPSA) is 94.1 Å². The van der Waals surface area contributed by atoms with Crippen LogP contribution in [0.15, 0.2) is 123 Å². The minimum Gasteiger partial charge on any atom is -0.850 e. The molecule has 0 amide bonds. The molecule has 0 aliphatic carbocycles. The summed E-state index contributed by atoms with van der Waals surface area (Å²) in [6.45, 7) is 19.6. The summed E-state index contributed by atoms with van der Waals surface area (Å²) in [5, 5.41) is 15.0. The molecule has 7 nitrogen and oxygen atoms in total. The number of rotatable bonds is 16. The first kappa shape index (κ1) is 73.3. The minimum absolute atomic E-state index is 0. The van der Waals surface area contributed by atoms with Crippen molar-refractivity contribution in [3.63, 3.8) is 0 Å². The van der Waals surface area contributed by atoms with Crippen molar-refractivity contribution in [3.8, 4) is 0 Å². The summed E-state index contributed by atoms with van der Waals surface area (Å²) in [5.74, 6) is -3.45. The molecule has 1 atom stereocenters. The number of hydrogen-bond donors (Lipinski definition) is 0. The largest absolute Gasteiger partial charge is 1.00 e. The van der Waals surface area contributed by atoms with E-state index in [1.807, 2.05) is 75.4 Å². The van der Waals surface area contributed by atoms with Crippen molar-refractivity contribution in [3.05, 3.63) is 172 Å². The fourth-order valence-electron chi connectivity index (χ4n) is 7.10. The molecular weight excluding hydrogens is 1470 g/mol. The predicted molar refractivity (Wildman–Crippen MR) is 337 cm³/mol. The molecule has 8 aromatic rings. The van der Waals surface area contributed by atoms with Gasteiger partial charge in [-0.25, -0.2) is 17.6 Å². The summed E-state index contributed by atoms with van der Waals surface area (Å²) >= 11 is 22.4. The third-order valence-electron chi connectivity index (χ3n) is 9.92. The zero-order valence-corrected chi connectivity index (χ0v) is 61.3. The molecule has 0 saturated carbocycles. The van der Waals surface area contributed by atoms with Crippen LogP contribution < -0.4 is 56.5 Å². The first-order valence-electron chi connectivity index (χ1n) is 24.6. The summed E-state index contributed by atoms with van der Waals surface area (Å²) < 4.78 is 109. The average molecular weight is 1530 g/mol. The molecule has 426 valence electrons. The van der Waals surface area contributed by atoms with Crippen molar-refractivity contribution in [2.75, 3.05) is 0 Å². The second-order valence-corrected chi connectivity index (χ2v) is 30.4. The Bertz CT molecular complexity index is 3260. The molecule has 0 aliphatic heterocycles. The summed E-state index contributed by atoms with van der Waals surface area (Å²) in [4.78, 5) is 3.16. The van der Waals surface area contributed by atoms with Crippen molar-refractivity contribution in [2.45, 2.75) is 135 Å². The van der Waals surface area contributed by atoms with Crippen LogP contribution in [-0.2, 0) is 50.5 Å². The standard InChI is InChI=1S/C22H24BrF2O3PS.C15H20BrO3PS.C9H6Br2S.C7H5BrF2.C4H9O.K/c1-13(2)27-29(26,28-14(3)4)19(12-15-9-10-17(24)18(25)11-15)22-21(23)16-7-5-6-8-20(16)30-22;1-10(2)18-20(17,19-11(3)4)9-14-15(16)12-7-5-6-8-13(12)21-14;10-5-8-9(11)6-3-1-2-4-7(6)12-8;8-4-5-1-2-6(9)7(10)3-5;1-4(2,3)5;/h5-11,13-14,19H,12H2,1-4H3;5-8,10-11H,9H2,1-4H3;1-4H,5H2;1-3H,4H2;1-3H3;/q;;;;-1;+1. The maximum Gasteiger partial charge on any atom is 1.00 e. The number of benzene rings is 5. The van der Waals surface area contributed by atoms with Crippen molar-refractivity contribution < 1.29 is 101 Å². The number of thiophene rings is 3. The second-order valence-electron chi connectivity index (χ2n) is 19.5. The second kappa shape index (κ2) is 34.4. The normalized spacial score (nSPS) is 12.2. The number of halogens is 9. The van der Waals surface area contributed by atoms with E-state index in [9.17, 15) is 31.8 Å². The smallest absolute Gasteiger partial charge is 0.850 e. The van der Waals surface area contributed by atoms with Gasteiger partial charge in [0, 0.05) is 69.0 Å². The molecule has 0 saturated heterocycles. The van der Waals surface area contributed by atoms with E-state index in [4.69, 9.17) is 18.1 Å². The Morgan fingerprint density at radius 2 is 0.886 bits per heavy atom. The summed E-state index contributed by atoms with van der Waals surface area (Å²) in [6, 6.07) is 31.9. The molecule has 3 aromatic heterocycles. The average Bonchev–Trinajstić information content (AvgIpc) is 3.97. The van der Waals surface area contributed by atoms with Crippen molar-refractivity contribution in [1.29, 1.82) is 0 Å². The van der Waals surface area contributed by atoms with Crippen LogP contribution >= 0.6 is 129 Å². The van der Waals surface area contributed by atoms with Crippen molar-refractivity contribution in [1.82, 2.24) is 0 Å². The summed E-state index contributed by atoms with van der Waals surface area (Å²) in [6.07, 6.45) is -0.473. The molecule has 1 unspecified atom stereocenters. The Labute approximate surface area is 559 Å². The van der Waals surface area contributed by atoms with Gasteiger partial charge in [-0.1, -0.05) is 119 Å².